The summed E-state index contributed by atoms with van der Waals surface area (Å²) in [6.07, 6.45) is -4.72. The van der Waals surface area contributed by atoms with E-state index in [9.17, 15) is 21.6 Å². The largest absolute Gasteiger partial charge is 0.417 e. The average Bonchev–Trinajstić information content (AvgIpc) is 2.63. The molecule has 2 aromatic rings. The zero-order chi connectivity index (χ0) is 19.7. The van der Waals surface area contributed by atoms with Gasteiger partial charge in [0.2, 0.25) is 10.0 Å². The van der Waals surface area contributed by atoms with Crippen LogP contribution in [0.25, 0.3) is 0 Å². The highest BCUT2D eigenvalue weighted by atomic mass is 79.9. The first kappa shape index (κ1) is 20.3. The topological polar surface area (TPSA) is 40.6 Å². The van der Waals surface area contributed by atoms with E-state index < -0.39 is 26.7 Å². The zero-order valence-electron chi connectivity index (χ0n) is 14.3. The number of sulfonamides is 1. The van der Waals surface area contributed by atoms with Crippen LogP contribution in [0.2, 0.25) is 0 Å². The fourth-order valence-corrected chi connectivity index (χ4v) is 4.94. The predicted molar refractivity (Wildman–Crippen MR) is 99.6 cm³/mol. The molecule has 0 N–H and O–H groups in total. The van der Waals surface area contributed by atoms with E-state index in [4.69, 9.17) is 0 Å². The van der Waals surface area contributed by atoms with Crippen LogP contribution < -0.4 is 0 Å². The first-order chi connectivity index (χ1) is 12.7. The number of alkyl halides is 3. The Balaban J connectivity index is 1.71. The van der Waals surface area contributed by atoms with Crippen LogP contribution in [0.1, 0.15) is 11.1 Å². The van der Waals surface area contributed by atoms with Crippen LogP contribution in [-0.4, -0.2) is 43.8 Å². The Morgan fingerprint density at radius 3 is 2.11 bits per heavy atom. The summed E-state index contributed by atoms with van der Waals surface area (Å²) in [5.74, 6) is 0. The minimum atomic E-state index is -4.72. The van der Waals surface area contributed by atoms with Gasteiger partial charge in [-0.1, -0.05) is 40.2 Å². The van der Waals surface area contributed by atoms with Crippen LogP contribution >= 0.6 is 15.9 Å². The lowest BCUT2D eigenvalue weighted by Crippen LogP contribution is -2.48. The van der Waals surface area contributed by atoms with E-state index in [0.717, 1.165) is 26.5 Å². The summed E-state index contributed by atoms with van der Waals surface area (Å²) in [5.41, 5.74) is -0.0285. The van der Waals surface area contributed by atoms with E-state index in [-0.39, 0.29) is 13.1 Å². The van der Waals surface area contributed by atoms with Gasteiger partial charge in [-0.2, -0.15) is 17.5 Å². The van der Waals surface area contributed by atoms with Crippen molar-refractivity contribution in [3.05, 3.63) is 64.1 Å². The van der Waals surface area contributed by atoms with Crippen LogP contribution in [0.15, 0.2) is 57.9 Å². The maximum Gasteiger partial charge on any atom is 0.417 e. The van der Waals surface area contributed by atoms with Gasteiger partial charge in [0.1, 0.15) is 0 Å². The molecular formula is C18H18BrF3N2O2S. The lowest BCUT2D eigenvalue weighted by atomic mass is 10.2. The normalized spacial score (nSPS) is 17.2. The molecule has 1 saturated heterocycles. The molecule has 0 aliphatic carbocycles. The molecule has 3 rings (SSSR count). The van der Waals surface area contributed by atoms with Gasteiger partial charge in [0.15, 0.2) is 0 Å². The van der Waals surface area contributed by atoms with Crippen molar-refractivity contribution in [2.75, 3.05) is 26.2 Å². The summed E-state index contributed by atoms with van der Waals surface area (Å²) in [7, 11) is -4.20. The Morgan fingerprint density at radius 1 is 0.926 bits per heavy atom. The first-order valence-corrected chi connectivity index (χ1v) is 10.5. The standard InChI is InChI=1S/C18H18BrF3N2O2S/c19-15-7-5-14(6-8-15)13-23-9-11-24(12-10-23)27(25,26)17-4-2-1-3-16(17)18(20,21)22/h1-8H,9-13H2. The minimum absolute atomic E-state index is 0.158. The van der Waals surface area contributed by atoms with Gasteiger partial charge < -0.3 is 0 Å². The molecule has 1 heterocycles. The summed E-state index contributed by atoms with van der Waals surface area (Å²) in [5, 5.41) is 0. The molecule has 0 bridgehead atoms. The van der Waals surface area contributed by atoms with Gasteiger partial charge in [0, 0.05) is 37.2 Å². The molecule has 9 heteroatoms. The number of hydrogen-bond donors (Lipinski definition) is 0. The summed E-state index contributed by atoms with van der Waals surface area (Å²) in [6, 6.07) is 12.2. The van der Waals surface area contributed by atoms with Crippen LogP contribution in [0.4, 0.5) is 13.2 Å². The van der Waals surface area contributed by atoms with Gasteiger partial charge in [-0.25, -0.2) is 8.42 Å². The number of benzene rings is 2. The van der Waals surface area contributed by atoms with Crippen molar-refractivity contribution in [2.45, 2.75) is 17.6 Å². The van der Waals surface area contributed by atoms with Crippen molar-refractivity contribution < 1.29 is 21.6 Å². The minimum Gasteiger partial charge on any atom is -0.296 e. The van der Waals surface area contributed by atoms with Crippen LogP contribution in [0.3, 0.4) is 0 Å². The number of nitrogens with zero attached hydrogens (tertiary/aromatic N) is 2. The number of hydrogen-bond acceptors (Lipinski definition) is 3. The Kier molecular flexibility index (Phi) is 5.95. The van der Waals surface area contributed by atoms with Crippen LogP contribution in [-0.2, 0) is 22.7 Å². The molecule has 1 aliphatic heterocycles. The molecule has 2 aromatic carbocycles. The highest BCUT2D eigenvalue weighted by Gasteiger charge is 2.39. The molecule has 0 aromatic heterocycles. The number of rotatable bonds is 4. The second-order valence-corrected chi connectivity index (χ2v) is 9.12. The molecule has 0 unspecified atom stereocenters. The Labute approximate surface area is 164 Å². The third-order valence-corrected chi connectivity index (χ3v) is 6.95. The van der Waals surface area contributed by atoms with Crippen molar-refractivity contribution in [1.82, 2.24) is 9.21 Å². The zero-order valence-corrected chi connectivity index (χ0v) is 16.7. The average molecular weight is 463 g/mol. The highest BCUT2D eigenvalue weighted by Crippen LogP contribution is 2.35. The fraction of sp³-hybridized carbons (Fsp3) is 0.333. The first-order valence-electron chi connectivity index (χ1n) is 8.31. The maximum atomic E-state index is 13.2. The van der Waals surface area contributed by atoms with Gasteiger partial charge in [-0.15, -0.1) is 0 Å². The van der Waals surface area contributed by atoms with Gasteiger partial charge in [0.25, 0.3) is 0 Å². The van der Waals surface area contributed by atoms with E-state index in [1.54, 1.807) is 0 Å². The van der Waals surface area contributed by atoms with E-state index in [0.29, 0.717) is 19.6 Å². The molecule has 1 aliphatic rings. The van der Waals surface area contributed by atoms with Crippen molar-refractivity contribution >= 4 is 26.0 Å². The molecular weight excluding hydrogens is 445 g/mol. The molecule has 0 spiro atoms. The molecule has 0 atom stereocenters. The van der Waals surface area contributed by atoms with Gasteiger partial charge in [-0.3, -0.25) is 4.90 Å². The van der Waals surface area contributed by atoms with Crippen molar-refractivity contribution in [3.63, 3.8) is 0 Å². The van der Waals surface area contributed by atoms with Crippen LogP contribution in [0, 0.1) is 0 Å². The number of halogens is 4. The molecule has 1 fully saturated rings. The van der Waals surface area contributed by atoms with E-state index in [1.165, 1.54) is 12.1 Å². The van der Waals surface area contributed by atoms with Crippen molar-refractivity contribution in [3.8, 4) is 0 Å². The Bertz CT molecular complexity index is 894. The summed E-state index contributed by atoms with van der Waals surface area (Å²) < 4.78 is 67.2. The van der Waals surface area contributed by atoms with E-state index in [1.807, 2.05) is 24.3 Å². The second kappa shape index (κ2) is 7.90. The SMILES string of the molecule is O=S(=O)(c1ccccc1C(F)(F)F)N1CCN(Cc2ccc(Br)cc2)CC1. The predicted octanol–water partition coefficient (Wildman–Crippen LogP) is 3.97. The fourth-order valence-electron chi connectivity index (χ4n) is 3.04. The third-order valence-electron chi connectivity index (χ3n) is 4.46. The molecule has 4 nitrogen and oxygen atoms in total. The van der Waals surface area contributed by atoms with Gasteiger partial charge >= 0.3 is 6.18 Å². The molecule has 146 valence electrons. The summed E-state index contributed by atoms with van der Waals surface area (Å²) >= 11 is 3.38. The molecule has 0 radical (unpaired) electrons. The lowest BCUT2D eigenvalue weighted by molar-refractivity contribution is -0.139. The monoisotopic (exact) mass is 462 g/mol. The number of piperazine rings is 1. The van der Waals surface area contributed by atoms with Gasteiger partial charge in [-0.05, 0) is 29.8 Å². The molecule has 0 saturated carbocycles. The van der Waals surface area contributed by atoms with Crippen LogP contribution in [0.5, 0.6) is 0 Å². The summed E-state index contributed by atoms with van der Waals surface area (Å²) in [6.45, 7) is 1.91. The Morgan fingerprint density at radius 2 is 1.52 bits per heavy atom. The van der Waals surface area contributed by atoms with Crippen molar-refractivity contribution in [2.24, 2.45) is 0 Å². The smallest absolute Gasteiger partial charge is 0.296 e. The van der Waals surface area contributed by atoms with Crippen molar-refractivity contribution in [1.29, 1.82) is 0 Å². The highest BCUT2D eigenvalue weighted by molar-refractivity contribution is 9.10. The molecule has 27 heavy (non-hydrogen) atoms. The Hall–Kier alpha value is -1.42. The van der Waals surface area contributed by atoms with Gasteiger partial charge in [0.05, 0.1) is 10.5 Å². The summed E-state index contributed by atoms with van der Waals surface area (Å²) in [4.78, 5) is 1.41. The lowest BCUT2D eigenvalue weighted by Gasteiger charge is -2.34. The quantitative estimate of drug-likeness (QED) is 0.689. The second-order valence-electron chi connectivity index (χ2n) is 6.30. The van der Waals surface area contributed by atoms with E-state index in [2.05, 4.69) is 20.8 Å². The molecule has 0 amide bonds. The third kappa shape index (κ3) is 4.71. The maximum absolute atomic E-state index is 13.2. The van der Waals surface area contributed by atoms with E-state index >= 15 is 0 Å².